The van der Waals surface area contributed by atoms with Gasteiger partial charge >= 0.3 is 0 Å². The van der Waals surface area contributed by atoms with Crippen LogP contribution >= 0.6 is 35.4 Å². The molecule has 1 aliphatic heterocycles. The molecule has 2 N–H and O–H groups in total. The van der Waals surface area contributed by atoms with Crippen LogP contribution in [0.2, 0.25) is 10.0 Å². The summed E-state index contributed by atoms with van der Waals surface area (Å²) in [5.74, 6) is -0.350. The standard InChI is InChI=1S/C26H24Cl2N4O2S/c1-17-7-9-20(21(27)15-17)24(33)30-26(35)29-19-8-10-23(22(28)16-19)31-11-13-32(14-12-31)25(34)18-5-3-2-4-6-18/h2-10,15-16H,11-14H2,1H3,(H2,29,30,33,35). The van der Waals surface area contributed by atoms with E-state index >= 15 is 0 Å². The molecule has 35 heavy (non-hydrogen) atoms. The number of benzene rings is 3. The Morgan fingerprint density at radius 1 is 0.886 bits per heavy atom. The van der Waals surface area contributed by atoms with Crippen molar-refractivity contribution in [2.45, 2.75) is 6.92 Å². The second kappa shape index (κ2) is 11.1. The van der Waals surface area contributed by atoms with Crippen LogP contribution in [0.4, 0.5) is 11.4 Å². The number of rotatable bonds is 4. The predicted octanol–water partition coefficient (Wildman–Crippen LogP) is 5.39. The van der Waals surface area contributed by atoms with Gasteiger partial charge in [-0.3, -0.25) is 14.9 Å². The number of amides is 2. The maximum absolute atomic E-state index is 12.7. The van der Waals surface area contributed by atoms with Crippen LogP contribution < -0.4 is 15.5 Å². The van der Waals surface area contributed by atoms with Crippen molar-refractivity contribution >= 4 is 63.7 Å². The fourth-order valence-corrected chi connectivity index (χ4v) is 4.72. The van der Waals surface area contributed by atoms with Gasteiger partial charge in [-0.2, -0.15) is 0 Å². The van der Waals surface area contributed by atoms with Crippen molar-refractivity contribution in [1.29, 1.82) is 0 Å². The van der Waals surface area contributed by atoms with E-state index in [9.17, 15) is 9.59 Å². The van der Waals surface area contributed by atoms with Crippen molar-refractivity contribution in [2.24, 2.45) is 0 Å². The Labute approximate surface area is 219 Å². The second-order valence-corrected chi connectivity index (χ2v) is 9.43. The van der Waals surface area contributed by atoms with Crippen LogP contribution in [0.1, 0.15) is 26.3 Å². The third-order valence-electron chi connectivity index (χ3n) is 5.73. The summed E-state index contributed by atoms with van der Waals surface area (Å²) in [4.78, 5) is 29.2. The van der Waals surface area contributed by atoms with Crippen LogP contribution in [0.5, 0.6) is 0 Å². The second-order valence-electron chi connectivity index (χ2n) is 8.20. The fraction of sp³-hybridized carbons (Fsp3) is 0.192. The Hall–Kier alpha value is -3.13. The van der Waals surface area contributed by atoms with Crippen molar-refractivity contribution in [3.63, 3.8) is 0 Å². The SMILES string of the molecule is Cc1ccc(C(=O)NC(=S)Nc2ccc(N3CCN(C(=O)c4ccccc4)CC3)c(Cl)c2)c(Cl)c1. The lowest BCUT2D eigenvalue weighted by atomic mass is 10.1. The summed E-state index contributed by atoms with van der Waals surface area (Å²) >= 11 is 18.0. The number of carbonyl (C=O) groups is 2. The highest BCUT2D eigenvalue weighted by atomic mass is 35.5. The van der Waals surface area contributed by atoms with Gasteiger partial charge in [0.1, 0.15) is 0 Å². The van der Waals surface area contributed by atoms with Crippen molar-refractivity contribution in [2.75, 3.05) is 36.4 Å². The lowest BCUT2D eigenvalue weighted by Crippen LogP contribution is -2.48. The topological polar surface area (TPSA) is 64.7 Å². The highest BCUT2D eigenvalue weighted by Gasteiger charge is 2.23. The molecule has 1 fully saturated rings. The lowest BCUT2D eigenvalue weighted by Gasteiger charge is -2.36. The molecule has 3 aromatic carbocycles. The van der Waals surface area contributed by atoms with Crippen LogP contribution in [0, 0.1) is 6.92 Å². The summed E-state index contributed by atoms with van der Waals surface area (Å²) in [5.41, 5.74) is 3.54. The average molecular weight is 527 g/mol. The van der Waals surface area contributed by atoms with Crippen LogP contribution in [0.25, 0.3) is 0 Å². The first-order valence-electron chi connectivity index (χ1n) is 11.1. The Morgan fingerprint density at radius 2 is 1.60 bits per heavy atom. The molecule has 2 amide bonds. The van der Waals surface area contributed by atoms with Crippen LogP contribution in [-0.2, 0) is 0 Å². The van der Waals surface area contributed by atoms with Gasteiger partial charge < -0.3 is 15.1 Å². The first kappa shape index (κ1) is 25.0. The van der Waals surface area contributed by atoms with Gasteiger partial charge in [-0.25, -0.2) is 0 Å². The Morgan fingerprint density at radius 3 is 2.26 bits per heavy atom. The van der Waals surface area contributed by atoms with Gasteiger partial charge in [0.2, 0.25) is 0 Å². The monoisotopic (exact) mass is 526 g/mol. The quantitative estimate of drug-likeness (QED) is 0.446. The minimum atomic E-state index is -0.391. The maximum Gasteiger partial charge on any atom is 0.258 e. The number of carbonyl (C=O) groups excluding carboxylic acids is 2. The third-order valence-corrected chi connectivity index (χ3v) is 6.55. The predicted molar refractivity (Wildman–Crippen MR) is 146 cm³/mol. The zero-order valence-corrected chi connectivity index (χ0v) is 21.4. The highest BCUT2D eigenvalue weighted by Crippen LogP contribution is 2.30. The van der Waals surface area contributed by atoms with Gasteiger partial charge in [0.15, 0.2) is 5.11 Å². The molecule has 1 saturated heterocycles. The zero-order valence-electron chi connectivity index (χ0n) is 19.1. The molecule has 3 aromatic rings. The molecule has 9 heteroatoms. The minimum Gasteiger partial charge on any atom is -0.367 e. The maximum atomic E-state index is 12.7. The smallest absolute Gasteiger partial charge is 0.258 e. The highest BCUT2D eigenvalue weighted by molar-refractivity contribution is 7.80. The third kappa shape index (κ3) is 6.11. The Balaban J connectivity index is 1.33. The van der Waals surface area contributed by atoms with Gasteiger partial charge in [-0.15, -0.1) is 0 Å². The summed E-state index contributed by atoms with van der Waals surface area (Å²) in [7, 11) is 0. The van der Waals surface area contributed by atoms with Gasteiger partial charge in [0, 0.05) is 37.4 Å². The number of nitrogens with one attached hydrogen (secondary N) is 2. The molecule has 0 radical (unpaired) electrons. The summed E-state index contributed by atoms with van der Waals surface area (Å²) in [6, 6.07) is 20.0. The van der Waals surface area contributed by atoms with Crippen molar-refractivity contribution < 1.29 is 9.59 Å². The molecule has 0 bridgehead atoms. The Kier molecular flexibility index (Phi) is 7.90. The molecule has 4 rings (SSSR count). The molecule has 1 heterocycles. The average Bonchev–Trinajstić information content (AvgIpc) is 2.84. The number of anilines is 2. The number of nitrogens with zero attached hydrogens (tertiary/aromatic N) is 2. The van der Waals surface area contributed by atoms with E-state index in [0.29, 0.717) is 53.0 Å². The van der Waals surface area contributed by atoms with Crippen molar-refractivity contribution in [1.82, 2.24) is 10.2 Å². The molecule has 0 aromatic heterocycles. The van der Waals surface area contributed by atoms with E-state index in [4.69, 9.17) is 35.4 Å². The number of hydrogen-bond donors (Lipinski definition) is 2. The summed E-state index contributed by atoms with van der Waals surface area (Å²) in [5, 5.41) is 6.68. The van der Waals surface area contributed by atoms with Gasteiger partial charge in [-0.05, 0) is 67.2 Å². The number of thiocarbonyl (C=S) groups is 1. The molecule has 0 atom stereocenters. The van der Waals surface area contributed by atoms with E-state index in [2.05, 4.69) is 15.5 Å². The van der Waals surface area contributed by atoms with Crippen molar-refractivity contribution in [3.8, 4) is 0 Å². The van der Waals surface area contributed by atoms with Gasteiger partial charge in [-0.1, -0.05) is 47.5 Å². The molecule has 0 saturated carbocycles. The minimum absolute atomic E-state index is 0.0402. The molecule has 0 spiro atoms. The lowest BCUT2D eigenvalue weighted by molar-refractivity contribution is 0.0746. The van der Waals surface area contributed by atoms with E-state index in [-0.39, 0.29) is 11.0 Å². The van der Waals surface area contributed by atoms with E-state index in [1.165, 1.54) is 0 Å². The molecular formula is C26H24Cl2N4O2S. The molecule has 0 aliphatic carbocycles. The number of halogens is 2. The van der Waals surface area contributed by atoms with Crippen LogP contribution in [0.3, 0.4) is 0 Å². The first-order chi connectivity index (χ1) is 16.8. The molecule has 0 unspecified atom stereocenters. The largest absolute Gasteiger partial charge is 0.367 e. The van der Waals surface area contributed by atoms with E-state index in [0.717, 1.165) is 11.3 Å². The number of piperazine rings is 1. The van der Waals surface area contributed by atoms with Crippen LogP contribution in [-0.4, -0.2) is 48.0 Å². The Bertz CT molecular complexity index is 1260. The molecular weight excluding hydrogens is 503 g/mol. The molecule has 180 valence electrons. The normalized spacial score (nSPS) is 13.3. The molecule has 1 aliphatic rings. The van der Waals surface area contributed by atoms with Crippen molar-refractivity contribution in [3.05, 3.63) is 93.5 Å². The summed E-state index contributed by atoms with van der Waals surface area (Å²) in [6.07, 6.45) is 0. The number of aryl methyl sites for hydroxylation is 1. The van der Waals surface area contributed by atoms with Gasteiger partial charge in [0.05, 0.1) is 21.3 Å². The summed E-state index contributed by atoms with van der Waals surface area (Å²) in [6.45, 7) is 4.48. The summed E-state index contributed by atoms with van der Waals surface area (Å²) < 4.78 is 0. The van der Waals surface area contributed by atoms with E-state index in [1.807, 2.05) is 60.4 Å². The van der Waals surface area contributed by atoms with Crippen LogP contribution in [0.15, 0.2) is 66.7 Å². The first-order valence-corrected chi connectivity index (χ1v) is 12.3. The zero-order chi connectivity index (χ0) is 24.9. The number of hydrogen-bond acceptors (Lipinski definition) is 4. The van der Waals surface area contributed by atoms with Gasteiger partial charge in [0.25, 0.3) is 11.8 Å². The van der Waals surface area contributed by atoms with E-state index < -0.39 is 5.91 Å². The fourth-order valence-electron chi connectivity index (χ4n) is 3.89. The van der Waals surface area contributed by atoms with E-state index in [1.54, 1.807) is 18.2 Å². The molecule has 6 nitrogen and oxygen atoms in total.